The van der Waals surface area contributed by atoms with Gasteiger partial charge in [0.15, 0.2) is 5.76 Å². The predicted octanol–water partition coefficient (Wildman–Crippen LogP) is -0.316. The van der Waals surface area contributed by atoms with Gasteiger partial charge >= 0.3 is 5.91 Å². The molecular weight excluding hydrogens is 160 g/mol. The zero-order valence-electron chi connectivity index (χ0n) is 6.63. The number of aryl methyl sites for hydroxylation is 1. The molecule has 12 heavy (non-hydrogen) atoms. The summed E-state index contributed by atoms with van der Waals surface area (Å²) in [5, 5.41) is 8.67. The standard InChI is InChI=1S/C7H10N2O3/c1-4-2-5(3-10)12-6(4)7(11)9-8/h2,10H,3,8H2,1H3,(H,9,11). The zero-order valence-corrected chi connectivity index (χ0v) is 6.63. The summed E-state index contributed by atoms with van der Waals surface area (Å²) in [5.41, 5.74) is 2.60. The Balaban J connectivity index is 2.99. The Labute approximate surface area is 69.1 Å². The molecule has 0 bridgehead atoms. The van der Waals surface area contributed by atoms with Crippen LogP contribution in [-0.2, 0) is 6.61 Å². The maximum Gasteiger partial charge on any atom is 0.301 e. The Kier molecular flexibility index (Phi) is 2.47. The highest BCUT2D eigenvalue weighted by atomic mass is 16.4. The van der Waals surface area contributed by atoms with Gasteiger partial charge in [0.25, 0.3) is 0 Å². The smallest absolute Gasteiger partial charge is 0.301 e. The molecule has 1 amide bonds. The molecule has 0 unspecified atom stereocenters. The molecule has 1 heterocycles. The molecule has 5 nitrogen and oxygen atoms in total. The maximum atomic E-state index is 11.0. The van der Waals surface area contributed by atoms with Crippen LogP contribution in [0.3, 0.4) is 0 Å². The number of amides is 1. The SMILES string of the molecule is Cc1cc(CO)oc1C(=O)NN. The molecular formula is C7H10N2O3. The van der Waals surface area contributed by atoms with Crippen LogP contribution in [-0.4, -0.2) is 11.0 Å². The first kappa shape index (κ1) is 8.76. The summed E-state index contributed by atoms with van der Waals surface area (Å²) in [6, 6.07) is 1.59. The number of aliphatic hydroxyl groups excluding tert-OH is 1. The highest BCUT2D eigenvalue weighted by molar-refractivity contribution is 5.92. The Morgan fingerprint density at radius 3 is 2.92 bits per heavy atom. The second kappa shape index (κ2) is 3.38. The van der Waals surface area contributed by atoms with Crippen molar-refractivity contribution in [1.29, 1.82) is 0 Å². The minimum atomic E-state index is -0.493. The predicted molar refractivity (Wildman–Crippen MR) is 41.0 cm³/mol. The molecule has 0 saturated heterocycles. The molecule has 0 aliphatic carbocycles. The monoisotopic (exact) mass is 170 g/mol. The van der Waals surface area contributed by atoms with Crippen LogP contribution in [0.25, 0.3) is 0 Å². The number of rotatable bonds is 2. The first-order chi connectivity index (χ1) is 5.69. The van der Waals surface area contributed by atoms with E-state index < -0.39 is 5.91 Å². The molecule has 0 radical (unpaired) electrons. The van der Waals surface area contributed by atoms with Gasteiger partial charge in [-0.25, -0.2) is 5.84 Å². The number of nitrogens with one attached hydrogen (secondary N) is 1. The number of carbonyl (C=O) groups excluding carboxylic acids is 1. The van der Waals surface area contributed by atoms with Gasteiger partial charge in [-0.2, -0.15) is 0 Å². The van der Waals surface area contributed by atoms with Crippen molar-refractivity contribution in [3.8, 4) is 0 Å². The lowest BCUT2D eigenvalue weighted by atomic mass is 10.2. The van der Waals surface area contributed by atoms with E-state index in [1.54, 1.807) is 13.0 Å². The fourth-order valence-corrected chi connectivity index (χ4v) is 0.917. The molecule has 0 aromatic carbocycles. The van der Waals surface area contributed by atoms with Crippen LogP contribution in [0.15, 0.2) is 10.5 Å². The van der Waals surface area contributed by atoms with Gasteiger partial charge in [-0.05, 0) is 13.0 Å². The molecule has 0 fully saturated rings. The second-order valence-corrected chi connectivity index (χ2v) is 2.36. The lowest BCUT2D eigenvalue weighted by Gasteiger charge is -1.94. The van der Waals surface area contributed by atoms with Crippen molar-refractivity contribution in [2.75, 3.05) is 0 Å². The lowest BCUT2D eigenvalue weighted by molar-refractivity contribution is 0.0920. The van der Waals surface area contributed by atoms with Gasteiger partial charge in [-0.1, -0.05) is 0 Å². The lowest BCUT2D eigenvalue weighted by Crippen LogP contribution is -2.30. The Morgan fingerprint density at radius 1 is 1.83 bits per heavy atom. The largest absolute Gasteiger partial charge is 0.453 e. The first-order valence-electron chi connectivity index (χ1n) is 3.40. The van der Waals surface area contributed by atoms with Crippen LogP contribution in [0.1, 0.15) is 21.9 Å². The van der Waals surface area contributed by atoms with Crippen molar-refractivity contribution in [2.24, 2.45) is 5.84 Å². The number of hydrazine groups is 1. The van der Waals surface area contributed by atoms with Gasteiger partial charge in [-0.15, -0.1) is 0 Å². The molecule has 1 aromatic rings. The number of furan rings is 1. The van der Waals surface area contributed by atoms with E-state index in [9.17, 15) is 4.79 Å². The molecule has 66 valence electrons. The van der Waals surface area contributed by atoms with E-state index in [-0.39, 0.29) is 12.4 Å². The molecule has 5 heteroatoms. The van der Waals surface area contributed by atoms with Crippen molar-refractivity contribution in [3.63, 3.8) is 0 Å². The van der Waals surface area contributed by atoms with Crippen molar-refractivity contribution >= 4 is 5.91 Å². The van der Waals surface area contributed by atoms with E-state index in [1.807, 2.05) is 5.43 Å². The minimum Gasteiger partial charge on any atom is -0.453 e. The average molecular weight is 170 g/mol. The van der Waals surface area contributed by atoms with Crippen molar-refractivity contribution in [2.45, 2.75) is 13.5 Å². The number of nitrogens with two attached hydrogens (primary N) is 1. The van der Waals surface area contributed by atoms with Crippen LogP contribution < -0.4 is 11.3 Å². The summed E-state index contributed by atoms with van der Waals surface area (Å²) < 4.78 is 4.97. The third-order valence-corrected chi connectivity index (χ3v) is 1.46. The van der Waals surface area contributed by atoms with Crippen LogP contribution in [0.5, 0.6) is 0 Å². The Bertz CT molecular complexity index is 293. The topological polar surface area (TPSA) is 88.5 Å². The molecule has 1 aromatic heterocycles. The molecule has 1 rings (SSSR count). The van der Waals surface area contributed by atoms with Gasteiger partial charge in [-0.3, -0.25) is 10.2 Å². The van der Waals surface area contributed by atoms with E-state index >= 15 is 0 Å². The highest BCUT2D eigenvalue weighted by Crippen LogP contribution is 2.13. The van der Waals surface area contributed by atoms with E-state index in [0.717, 1.165) is 0 Å². The molecule has 4 N–H and O–H groups in total. The quantitative estimate of drug-likeness (QED) is 0.322. The Hall–Kier alpha value is -1.33. The van der Waals surface area contributed by atoms with Gasteiger partial charge in [0, 0.05) is 5.56 Å². The van der Waals surface area contributed by atoms with E-state index in [2.05, 4.69) is 0 Å². The van der Waals surface area contributed by atoms with Gasteiger partial charge in [0.1, 0.15) is 12.4 Å². The first-order valence-corrected chi connectivity index (χ1v) is 3.40. The maximum absolute atomic E-state index is 11.0. The number of nitrogen functional groups attached to an aromatic ring is 1. The summed E-state index contributed by atoms with van der Waals surface area (Å²) in [6.45, 7) is 1.48. The van der Waals surface area contributed by atoms with Gasteiger partial charge < -0.3 is 9.52 Å². The van der Waals surface area contributed by atoms with Gasteiger partial charge in [0.05, 0.1) is 0 Å². The van der Waals surface area contributed by atoms with Crippen LogP contribution in [0.2, 0.25) is 0 Å². The number of hydrogen-bond donors (Lipinski definition) is 3. The summed E-state index contributed by atoms with van der Waals surface area (Å²) in [4.78, 5) is 11.0. The van der Waals surface area contributed by atoms with Crippen molar-refractivity contribution in [1.82, 2.24) is 5.43 Å². The van der Waals surface area contributed by atoms with Crippen LogP contribution in [0, 0.1) is 6.92 Å². The third-order valence-electron chi connectivity index (χ3n) is 1.46. The Morgan fingerprint density at radius 2 is 2.50 bits per heavy atom. The zero-order chi connectivity index (χ0) is 9.14. The fourth-order valence-electron chi connectivity index (χ4n) is 0.917. The van der Waals surface area contributed by atoms with E-state index in [4.69, 9.17) is 15.4 Å². The summed E-state index contributed by atoms with van der Waals surface area (Å²) in [6.07, 6.45) is 0. The molecule has 0 spiro atoms. The second-order valence-electron chi connectivity index (χ2n) is 2.36. The summed E-state index contributed by atoms with van der Waals surface area (Å²) >= 11 is 0. The van der Waals surface area contributed by atoms with Crippen LogP contribution >= 0.6 is 0 Å². The van der Waals surface area contributed by atoms with E-state index in [0.29, 0.717) is 11.3 Å². The number of aliphatic hydroxyl groups is 1. The molecule has 0 aliphatic rings. The van der Waals surface area contributed by atoms with Crippen molar-refractivity contribution in [3.05, 3.63) is 23.2 Å². The normalized spacial score (nSPS) is 9.92. The molecule has 0 aliphatic heterocycles. The molecule has 0 saturated carbocycles. The summed E-state index contributed by atoms with van der Waals surface area (Å²) in [5.74, 6) is 4.90. The fraction of sp³-hybridized carbons (Fsp3) is 0.286. The van der Waals surface area contributed by atoms with E-state index in [1.165, 1.54) is 0 Å². The van der Waals surface area contributed by atoms with Crippen molar-refractivity contribution < 1.29 is 14.3 Å². The number of hydrogen-bond acceptors (Lipinski definition) is 4. The average Bonchev–Trinajstić information content (AvgIpc) is 2.45. The number of carbonyl (C=O) groups is 1. The third kappa shape index (κ3) is 1.46. The van der Waals surface area contributed by atoms with Crippen LogP contribution in [0.4, 0.5) is 0 Å². The minimum absolute atomic E-state index is 0.140. The highest BCUT2D eigenvalue weighted by Gasteiger charge is 2.13. The van der Waals surface area contributed by atoms with Gasteiger partial charge in [0.2, 0.25) is 0 Å². The summed E-state index contributed by atoms with van der Waals surface area (Å²) in [7, 11) is 0. The molecule has 0 atom stereocenters.